The van der Waals surface area contributed by atoms with Gasteiger partial charge in [-0.25, -0.2) is 0 Å². The number of nitriles is 1. The molecule has 0 aromatic heterocycles. The van der Waals surface area contributed by atoms with E-state index in [0.29, 0.717) is 18.4 Å². The van der Waals surface area contributed by atoms with Gasteiger partial charge >= 0.3 is 0 Å². The van der Waals surface area contributed by atoms with Crippen molar-refractivity contribution in [2.75, 3.05) is 19.3 Å². The number of aliphatic imine (C=N–C) groups is 1. The van der Waals surface area contributed by atoms with Crippen molar-refractivity contribution < 1.29 is 4.79 Å². The maximum absolute atomic E-state index is 11.3. The van der Waals surface area contributed by atoms with Crippen molar-refractivity contribution in [1.82, 2.24) is 10.2 Å². The number of hydrogen-bond acceptors (Lipinski definition) is 4. The number of nitrogens with one attached hydrogen (secondary N) is 1. The van der Waals surface area contributed by atoms with Crippen molar-refractivity contribution >= 4 is 22.8 Å². The molecule has 5 nitrogen and oxygen atoms in total. The Balaban J connectivity index is 2.01. The lowest BCUT2D eigenvalue weighted by Gasteiger charge is -2.42. The van der Waals surface area contributed by atoms with E-state index in [-0.39, 0.29) is 5.91 Å². The van der Waals surface area contributed by atoms with Crippen molar-refractivity contribution in [3.8, 4) is 6.19 Å². The maximum atomic E-state index is 11.3. The van der Waals surface area contributed by atoms with Gasteiger partial charge in [0.15, 0.2) is 5.17 Å². The van der Waals surface area contributed by atoms with Crippen molar-refractivity contribution in [3.63, 3.8) is 0 Å². The highest BCUT2D eigenvalue weighted by Crippen LogP contribution is 2.26. The summed E-state index contributed by atoms with van der Waals surface area (Å²) in [5, 5.41) is 12.5. The van der Waals surface area contributed by atoms with Crippen LogP contribution >= 0.6 is 11.8 Å². The highest BCUT2D eigenvalue weighted by Gasteiger charge is 2.34. The van der Waals surface area contributed by atoms with Gasteiger partial charge in [0.1, 0.15) is 0 Å². The first kappa shape index (κ1) is 12.2. The van der Waals surface area contributed by atoms with E-state index < -0.39 is 0 Å². The van der Waals surface area contributed by atoms with Gasteiger partial charge in [0, 0.05) is 25.6 Å². The Hall–Kier alpha value is -1.22. The van der Waals surface area contributed by atoms with Crippen LogP contribution in [0.2, 0.25) is 0 Å². The molecule has 0 radical (unpaired) electrons. The van der Waals surface area contributed by atoms with E-state index in [9.17, 15) is 4.79 Å². The molecule has 17 heavy (non-hydrogen) atoms. The molecular weight excluding hydrogens is 236 g/mol. The lowest BCUT2D eigenvalue weighted by molar-refractivity contribution is -0.125. The number of carbonyl (C=O) groups excluding carboxylic acids is 1. The Morgan fingerprint density at radius 1 is 1.65 bits per heavy atom. The third kappa shape index (κ3) is 2.72. The van der Waals surface area contributed by atoms with Crippen LogP contribution in [0.3, 0.4) is 0 Å². The van der Waals surface area contributed by atoms with E-state index in [1.807, 2.05) is 12.4 Å². The molecule has 92 valence electrons. The molecule has 1 amide bonds. The Morgan fingerprint density at radius 2 is 2.47 bits per heavy atom. The molecular formula is C11H16N4OS. The summed E-state index contributed by atoms with van der Waals surface area (Å²) in [6, 6.07) is 0.317. The first-order valence-corrected chi connectivity index (χ1v) is 7.02. The van der Waals surface area contributed by atoms with E-state index in [2.05, 4.69) is 15.2 Å². The normalized spacial score (nSPS) is 29.3. The van der Waals surface area contributed by atoms with Crippen LogP contribution in [0.1, 0.15) is 19.3 Å². The SMILES string of the molecule is CSC(=NC#N)N1CCC2NC(=O)CCC2C1. The molecule has 2 saturated heterocycles. The largest absolute Gasteiger partial charge is 0.353 e. The number of hydrogen-bond donors (Lipinski definition) is 1. The Kier molecular flexibility index (Phi) is 3.89. The van der Waals surface area contributed by atoms with Crippen LogP contribution in [0.4, 0.5) is 0 Å². The number of amidine groups is 1. The van der Waals surface area contributed by atoms with Crippen LogP contribution in [0.5, 0.6) is 0 Å². The number of likely N-dealkylation sites (tertiary alicyclic amines) is 1. The molecule has 0 saturated carbocycles. The molecule has 2 unspecified atom stereocenters. The van der Waals surface area contributed by atoms with Gasteiger partial charge in [0.05, 0.1) is 0 Å². The highest BCUT2D eigenvalue weighted by atomic mass is 32.2. The second kappa shape index (κ2) is 5.41. The molecule has 0 bridgehead atoms. The fourth-order valence-corrected chi connectivity index (χ4v) is 3.13. The van der Waals surface area contributed by atoms with Gasteiger partial charge in [-0.2, -0.15) is 5.26 Å². The summed E-state index contributed by atoms with van der Waals surface area (Å²) < 4.78 is 0. The fourth-order valence-electron chi connectivity index (χ4n) is 2.57. The second-order valence-electron chi connectivity index (χ2n) is 4.41. The first-order chi connectivity index (χ1) is 8.24. The predicted octanol–water partition coefficient (Wildman–Crippen LogP) is 0.787. The quantitative estimate of drug-likeness (QED) is 0.393. The number of thioether (sulfide) groups is 1. The minimum Gasteiger partial charge on any atom is -0.353 e. The number of fused-ring (bicyclic) bond motifs is 1. The van der Waals surface area contributed by atoms with Crippen LogP contribution in [0.25, 0.3) is 0 Å². The van der Waals surface area contributed by atoms with Gasteiger partial charge in [0.25, 0.3) is 0 Å². The van der Waals surface area contributed by atoms with E-state index in [1.165, 1.54) is 11.8 Å². The molecule has 0 spiro atoms. The fraction of sp³-hybridized carbons (Fsp3) is 0.727. The van der Waals surface area contributed by atoms with Gasteiger partial charge < -0.3 is 10.2 Å². The minimum atomic E-state index is 0.176. The number of rotatable bonds is 0. The van der Waals surface area contributed by atoms with E-state index in [0.717, 1.165) is 31.1 Å². The zero-order valence-electron chi connectivity index (χ0n) is 9.85. The molecule has 1 N–H and O–H groups in total. The Labute approximate surface area is 105 Å². The average Bonchev–Trinajstić information content (AvgIpc) is 2.35. The van der Waals surface area contributed by atoms with Gasteiger partial charge in [0.2, 0.25) is 12.1 Å². The van der Waals surface area contributed by atoms with Crippen LogP contribution in [-0.4, -0.2) is 41.4 Å². The molecule has 0 aliphatic carbocycles. The molecule has 2 heterocycles. The van der Waals surface area contributed by atoms with Crippen LogP contribution in [0.15, 0.2) is 4.99 Å². The number of carbonyl (C=O) groups is 1. The molecule has 0 aromatic rings. The summed E-state index contributed by atoms with van der Waals surface area (Å²) in [5.74, 6) is 0.674. The summed E-state index contributed by atoms with van der Waals surface area (Å²) in [7, 11) is 0. The average molecular weight is 252 g/mol. The van der Waals surface area contributed by atoms with Crippen molar-refractivity contribution in [2.45, 2.75) is 25.3 Å². The summed E-state index contributed by atoms with van der Waals surface area (Å²) in [6.45, 7) is 1.76. The number of nitrogens with zero attached hydrogens (tertiary/aromatic N) is 3. The molecule has 2 atom stereocenters. The monoisotopic (exact) mass is 252 g/mol. The minimum absolute atomic E-state index is 0.176. The second-order valence-corrected chi connectivity index (χ2v) is 5.18. The molecule has 0 aromatic carbocycles. The maximum Gasteiger partial charge on any atom is 0.220 e. The van der Waals surface area contributed by atoms with Crippen LogP contribution in [0, 0.1) is 17.4 Å². The molecule has 2 aliphatic heterocycles. The zero-order chi connectivity index (χ0) is 12.3. The molecule has 2 fully saturated rings. The molecule has 6 heteroatoms. The molecule has 2 aliphatic rings. The number of piperidine rings is 2. The van der Waals surface area contributed by atoms with E-state index in [4.69, 9.17) is 5.26 Å². The van der Waals surface area contributed by atoms with E-state index in [1.54, 1.807) is 0 Å². The van der Waals surface area contributed by atoms with E-state index >= 15 is 0 Å². The Bertz CT molecular complexity index is 376. The standard InChI is InChI=1S/C11H16N4OS/c1-17-11(13-7-12)15-5-4-9-8(6-15)2-3-10(16)14-9/h8-9H,2-6H2,1H3,(H,14,16). The summed E-state index contributed by atoms with van der Waals surface area (Å²) in [4.78, 5) is 17.3. The summed E-state index contributed by atoms with van der Waals surface area (Å²) in [6.07, 6.45) is 6.30. The third-order valence-electron chi connectivity index (χ3n) is 3.42. The highest BCUT2D eigenvalue weighted by molar-refractivity contribution is 8.13. The first-order valence-electron chi connectivity index (χ1n) is 5.79. The van der Waals surface area contributed by atoms with Crippen molar-refractivity contribution in [3.05, 3.63) is 0 Å². The van der Waals surface area contributed by atoms with Gasteiger partial charge in [-0.05, 0) is 25.0 Å². The topological polar surface area (TPSA) is 68.5 Å². The zero-order valence-corrected chi connectivity index (χ0v) is 10.7. The summed E-state index contributed by atoms with van der Waals surface area (Å²) >= 11 is 1.51. The summed E-state index contributed by atoms with van der Waals surface area (Å²) in [5.41, 5.74) is 0. The third-order valence-corrected chi connectivity index (χ3v) is 4.14. The number of amides is 1. The predicted molar refractivity (Wildman–Crippen MR) is 67.4 cm³/mol. The molecule has 2 rings (SSSR count). The van der Waals surface area contributed by atoms with Gasteiger partial charge in [-0.15, -0.1) is 4.99 Å². The van der Waals surface area contributed by atoms with Crippen molar-refractivity contribution in [1.29, 1.82) is 5.26 Å². The van der Waals surface area contributed by atoms with Gasteiger partial charge in [-0.1, -0.05) is 11.8 Å². The lowest BCUT2D eigenvalue weighted by Crippen LogP contribution is -2.54. The Morgan fingerprint density at radius 3 is 3.18 bits per heavy atom. The van der Waals surface area contributed by atoms with Gasteiger partial charge in [-0.3, -0.25) is 4.79 Å². The lowest BCUT2D eigenvalue weighted by atomic mass is 9.85. The smallest absolute Gasteiger partial charge is 0.220 e. The van der Waals surface area contributed by atoms with Crippen LogP contribution in [-0.2, 0) is 4.79 Å². The van der Waals surface area contributed by atoms with Crippen LogP contribution < -0.4 is 5.32 Å². The van der Waals surface area contributed by atoms with Crippen molar-refractivity contribution in [2.24, 2.45) is 10.9 Å².